The van der Waals surface area contributed by atoms with E-state index in [0.717, 1.165) is 18.5 Å². The highest BCUT2D eigenvalue weighted by molar-refractivity contribution is 8.00. The van der Waals surface area contributed by atoms with Crippen LogP contribution in [-0.4, -0.2) is 38.8 Å². The lowest BCUT2D eigenvalue weighted by Gasteiger charge is -2.32. The summed E-state index contributed by atoms with van der Waals surface area (Å²) in [4.78, 5) is 26.2. The van der Waals surface area contributed by atoms with E-state index in [1.165, 1.54) is 11.8 Å². The number of nitrogens with one attached hydrogen (secondary N) is 1. The minimum atomic E-state index is -0.290. The largest absolute Gasteiger partial charge is 0.497 e. The van der Waals surface area contributed by atoms with E-state index in [1.807, 2.05) is 34.9 Å². The van der Waals surface area contributed by atoms with E-state index in [0.29, 0.717) is 34.0 Å². The minimum Gasteiger partial charge on any atom is -0.497 e. The third kappa shape index (κ3) is 3.84. The molecule has 8 heteroatoms. The number of para-hydroxylation sites is 1. The van der Waals surface area contributed by atoms with E-state index in [4.69, 9.17) is 4.74 Å². The number of hydrogen-bond donors (Lipinski definition) is 1. The highest BCUT2D eigenvalue weighted by Crippen LogP contribution is 2.66. The van der Waals surface area contributed by atoms with Crippen molar-refractivity contribution in [3.05, 3.63) is 66.0 Å². The third-order valence-corrected chi connectivity index (χ3v) is 9.45. The molecule has 5 rings (SSSR count). The molecule has 0 radical (unpaired) electrons. The highest BCUT2D eigenvalue weighted by atomic mass is 32.2. The molecule has 3 aromatic rings. The van der Waals surface area contributed by atoms with Gasteiger partial charge in [-0.15, -0.1) is 10.2 Å². The Morgan fingerprint density at radius 1 is 1.11 bits per heavy atom. The fraction of sp³-hybridized carbons (Fsp3) is 0.407. The molecule has 2 aliphatic carbocycles. The van der Waals surface area contributed by atoms with Gasteiger partial charge >= 0.3 is 0 Å². The van der Waals surface area contributed by atoms with Crippen molar-refractivity contribution in [2.75, 3.05) is 7.11 Å². The van der Waals surface area contributed by atoms with Crippen molar-refractivity contribution in [1.29, 1.82) is 0 Å². The lowest BCUT2D eigenvalue weighted by atomic mass is 9.70. The molecule has 2 aromatic carbocycles. The van der Waals surface area contributed by atoms with E-state index >= 15 is 0 Å². The highest BCUT2D eigenvalue weighted by Gasteiger charge is 2.66. The monoisotopic (exact) mass is 490 g/mol. The SMILES string of the molecule is COc1ccc(C(=O)NCc2nnc(SC3C(=O)C4(C)CCC3C4(C)C)n2-c2ccccc2)cc1. The standard InChI is InChI=1S/C27H30N4O3S/c1-26(2)20-14-15-27(26,3)23(32)22(20)35-25-30-29-21(31(25)18-8-6-5-7-9-18)16-28-24(33)17-10-12-19(34-4)13-11-17/h5-13,20,22H,14-16H2,1-4H3,(H,28,33). The number of ether oxygens (including phenoxy) is 1. The summed E-state index contributed by atoms with van der Waals surface area (Å²) in [5, 5.41) is 12.4. The Hall–Kier alpha value is -3.13. The van der Waals surface area contributed by atoms with Gasteiger partial charge in [0.1, 0.15) is 5.75 Å². The smallest absolute Gasteiger partial charge is 0.251 e. The van der Waals surface area contributed by atoms with E-state index < -0.39 is 0 Å². The van der Waals surface area contributed by atoms with Crippen molar-refractivity contribution < 1.29 is 14.3 Å². The number of carbonyl (C=O) groups is 2. The van der Waals surface area contributed by atoms with Crippen LogP contribution in [0, 0.1) is 16.7 Å². The van der Waals surface area contributed by atoms with Crippen LogP contribution in [0.2, 0.25) is 0 Å². The van der Waals surface area contributed by atoms with E-state index in [2.05, 4.69) is 36.3 Å². The number of ketones is 1. The predicted octanol–water partition coefficient (Wildman–Crippen LogP) is 4.69. The van der Waals surface area contributed by atoms with Gasteiger partial charge in [-0.1, -0.05) is 50.7 Å². The van der Waals surface area contributed by atoms with E-state index in [-0.39, 0.29) is 28.5 Å². The molecule has 2 aliphatic rings. The molecule has 1 heterocycles. The molecular formula is C27H30N4O3S. The van der Waals surface area contributed by atoms with Gasteiger partial charge in [0.05, 0.1) is 18.9 Å². The van der Waals surface area contributed by atoms with Gasteiger partial charge in [-0.25, -0.2) is 0 Å². The summed E-state index contributed by atoms with van der Waals surface area (Å²) in [5.74, 6) is 1.73. The fourth-order valence-electron chi connectivity index (χ4n) is 5.58. The first-order chi connectivity index (χ1) is 16.8. The Morgan fingerprint density at radius 2 is 1.83 bits per heavy atom. The maximum absolute atomic E-state index is 13.4. The summed E-state index contributed by atoms with van der Waals surface area (Å²) in [6.45, 7) is 6.78. The van der Waals surface area contributed by atoms with Crippen molar-refractivity contribution in [2.24, 2.45) is 16.7 Å². The van der Waals surface area contributed by atoms with Crippen LogP contribution in [0.1, 0.15) is 49.8 Å². The second-order valence-electron chi connectivity index (χ2n) is 10.1. The first kappa shape index (κ1) is 23.6. The molecule has 3 unspecified atom stereocenters. The second kappa shape index (κ2) is 8.82. The normalized spacial score (nSPS) is 24.5. The van der Waals surface area contributed by atoms with Crippen LogP contribution in [-0.2, 0) is 11.3 Å². The number of thioether (sulfide) groups is 1. The van der Waals surface area contributed by atoms with Gasteiger partial charge in [-0.2, -0.15) is 0 Å². The Bertz CT molecular complexity index is 1260. The summed E-state index contributed by atoms with van der Waals surface area (Å²) in [7, 11) is 1.59. The molecule has 1 N–H and O–H groups in total. The Morgan fingerprint density at radius 3 is 2.46 bits per heavy atom. The maximum atomic E-state index is 13.4. The number of benzene rings is 2. The van der Waals surface area contributed by atoms with Crippen LogP contribution in [0.3, 0.4) is 0 Å². The van der Waals surface area contributed by atoms with Crippen molar-refractivity contribution in [2.45, 2.75) is 50.6 Å². The zero-order chi connectivity index (χ0) is 24.8. The molecule has 3 atom stereocenters. The third-order valence-electron chi connectivity index (χ3n) is 8.18. The van der Waals surface area contributed by atoms with E-state index in [1.54, 1.807) is 31.4 Å². The van der Waals surface area contributed by atoms with Crippen LogP contribution in [0.5, 0.6) is 5.75 Å². The van der Waals surface area contributed by atoms with E-state index in [9.17, 15) is 9.59 Å². The maximum Gasteiger partial charge on any atom is 0.251 e. The Balaban J connectivity index is 1.40. The number of rotatable bonds is 7. The molecule has 7 nitrogen and oxygen atoms in total. The van der Waals surface area contributed by atoms with Crippen LogP contribution in [0.4, 0.5) is 0 Å². The summed E-state index contributed by atoms with van der Waals surface area (Å²) in [6, 6.07) is 16.8. The van der Waals surface area contributed by atoms with Crippen molar-refractivity contribution in [3.63, 3.8) is 0 Å². The van der Waals surface area contributed by atoms with Crippen molar-refractivity contribution in [3.8, 4) is 11.4 Å². The number of Topliss-reactive ketones (excluding diaryl/α,β-unsaturated/α-hetero) is 1. The molecule has 1 amide bonds. The number of nitrogens with zero attached hydrogens (tertiary/aromatic N) is 3. The predicted molar refractivity (Wildman–Crippen MR) is 135 cm³/mol. The lowest BCUT2D eigenvalue weighted by Crippen LogP contribution is -2.34. The summed E-state index contributed by atoms with van der Waals surface area (Å²) < 4.78 is 7.12. The first-order valence-electron chi connectivity index (χ1n) is 11.9. The topological polar surface area (TPSA) is 86.1 Å². The van der Waals surface area contributed by atoms with Gasteiger partial charge in [-0.05, 0) is 60.6 Å². The summed E-state index contributed by atoms with van der Waals surface area (Å²) in [6.07, 6.45) is 2.01. The average Bonchev–Trinajstić information content (AvgIpc) is 3.42. The number of aromatic nitrogens is 3. The number of methoxy groups -OCH3 is 1. The van der Waals surface area contributed by atoms with Gasteiger partial charge in [0.2, 0.25) is 0 Å². The lowest BCUT2D eigenvalue weighted by molar-refractivity contribution is -0.127. The quantitative estimate of drug-likeness (QED) is 0.517. The number of carbonyl (C=O) groups excluding carboxylic acids is 2. The van der Waals surface area contributed by atoms with Gasteiger partial charge in [0, 0.05) is 16.7 Å². The molecule has 2 fully saturated rings. The Labute approximate surface area is 209 Å². The zero-order valence-electron chi connectivity index (χ0n) is 20.4. The molecule has 0 saturated heterocycles. The van der Waals surface area contributed by atoms with Crippen molar-refractivity contribution >= 4 is 23.5 Å². The van der Waals surface area contributed by atoms with Crippen LogP contribution >= 0.6 is 11.8 Å². The molecule has 2 bridgehead atoms. The molecule has 2 saturated carbocycles. The molecule has 1 aromatic heterocycles. The van der Waals surface area contributed by atoms with Gasteiger partial charge in [0.25, 0.3) is 5.91 Å². The summed E-state index contributed by atoms with van der Waals surface area (Å²) >= 11 is 1.51. The number of hydrogen-bond acceptors (Lipinski definition) is 6. The van der Waals surface area contributed by atoms with Crippen LogP contribution < -0.4 is 10.1 Å². The van der Waals surface area contributed by atoms with Crippen molar-refractivity contribution in [1.82, 2.24) is 20.1 Å². The Kier molecular flexibility index (Phi) is 5.95. The van der Waals surface area contributed by atoms with Crippen LogP contribution in [0.15, 0.2) is 59.8 Å². The average molecular weight is 491 g/mol. The van der Waals surface area contributed by atoms with Gasteiger partial charge < -0.3 is 10.1 Å². The summed E-state index contributed by atoms with van der Waals surface area (Å²) in [5.41, 5.74) is 1.11. The number of fused-ring (bicyclic) bond motifs is 2. The zero-order valence-corrected chi connectivity index (χ0v) is 21.3. The molecule has 0 aliphatic heterocycles. The molecule has 0 spiro atoms. The van der Waals surface area contributed by atoms with Crippen LogP contribution in [0.25, 0.3) is 5.69 Å². The van der Waals surface area contributed by atoms with Gasteiger partial charge in [0.15, 0.2) is 16.8 Å². The number of amides is 1. The fourth-order valence-corrected chi connectivity index (χ4v) is 7.22. The molecular weight excluding hydrogens is 460 g/mol. The second-order valence-corrected chi connectivity index (χ2v) is 11.2. The minimum absolute atomic E-state index is 0.0332. The first-order valence-corrected chi connectivity index (χ1v) is 12.8. The van der Waals surface area contributed by atoms with Gasteiger partial charge in [-0.3, -0.25) is 14.2 Å². The molecule has 35 heavy (non-hydrogen) atoms. The molecule has 182 valence electrons.